The van der Waals surface area contributed by atoms with E-state index in [-0.39, 0.29) is 29.3 Å². The minimum Gasteiger partial charge on any atom is -0.493 e. The third-order valence-corrected chi connectivity index (χ3v) is 8.77. The van der Waals surface area contributed by atoms with Crippen LogP contribution in [0.25, 0.3) is 11.1 Å². The fourth-order valence-electron chi connectivity index (χ4n) is 5.38. The monoisotopic (exact) mass is 710 g/mol. The van der Waals surface area contributed by atoms with E-state index in [4.69, 9.17) is 9.29 Å². The third kappa shape index (κ3) is 10.7. The Morgan fingerprint density at radius 3 is 2.00 bits per heavy atom. The van der Waals surface area contributed by atoms with E-state index in [1.807, 2.05) is 31.2 Å². The molecule has 4 aromatic rings. The van der Waals surface area contributed by atoms with Gasteiger partial charge in [0.25, 0.3) is 16.0 Å². The van der Waals surface area contributed by atoms with Gasteiger partial charge in [-0.25, -0.2) is 0 Å². The number of alkyl halides is 3. The normalized spacial score (nSPS) is 13.3. The van der Waals surface area contributed by atoms with Gasteiger partial charge in [0.1, 0.15) is 5.75 Å². The predicted molar refractivity (Wildman–Crippen MR) is 188 cm³/mol. The van der Waals surface area contributed by atoms with Crippen LogP contribution in [0.5, 0.6) is 5.75 Å². The Morgan fingerprint density at radius 2 is 1.46 bits per heavy atom. The molecule has 4 rings (SSSR count). The molecule has 2 amide bonds. The minimum atomic E-state index is -4.44. The Labute approximate surface area is 290 Å². The first-order valence-corrected chi connectivity index (χ1v) is 17.6. The summed E-state index contributed by atoms with van der Waals surface area (Å²) in [5.41, 5.74) is 3.33. The van der Waals surface area contributed by atoms with Crippen LogP contribution in [-0.2, 0) is 21.1 Å². The Kier molecular flexibility index (Phi) is 11.8. The molecule has 0 radical (unpaired) electrons. The number of hydrogen-bond acceptors (Lipinski definition) is 5. The maximum absolute atomic E-state index is 14.0. The zero-order chi connectivity index (χ0) is 36.9. The second kappa shape index (κ2) is 15.5. The third-order valence-electron chi connectivity index (χ3n) is 8.05. The average molecular weight is 711 g/mol. The first-order chi connectivity index (χ1) is 23.3. The van der Waals surface area contributed by atoms with Crippen molar-refractivity contribution >= 4 is 27.6 Å². The zero-order valence-corrected chi connectivity index (χ0v) is 29.3. The average Bonchev–Trinajstić information content (AvgIpc) is 3.03. The molecule has 0 aromatic heterocycles. The summed E-state index contributed by atoms with van der Waals surface area (Å²) in [6.07, 6.45) is -4.44. The van der Waals surface area contributed by atoms with Gasteiger partial charge in [-0.2, -0.15) is 21.6 Å². The van der Waals surface area contributed by atoms with Crippen LogP contribution in [0, 0.1) is 12.3 Å². The number of nitrogens with one attached hydrogen (secondary N) is 2. The van der Waals surface area contributed by atoms with Crippen LogP contribution in [0.4, 0.5) is 18.9 Å². The van der Waals surface area contributed by atoms with Crippen LogP contribution < -0.4 is 15.4 Å². The second-order valence-electron chi connectivity index (χ2n) is 13.4. The van der Waals surface area contributed by atoms with Crippen LogP contribution in [0.3, 0.4) is 0 Å². The van der Waals surface area contributed by atoms with E-state index in [0.717, 1.165) is 23.3 Å². The molecule has 2 unspecified atom stereocenters. The van der Waals surface area contributed by atoms with Gasteiger partial charge in [0.15, 0.2) is 0 Å². The van der Waals surface area contributed by atoms with Crippen molar-refractivity contribution in [1.29, 1.82) is 0 Å². The highest BCUT2D eigenvalue weighted by Gasteiger charge is 2.31. The first kappa shape index (κ1) is 38.1. The summed E-state index contributed by atoms with van der Waals surface area (Å²) in [4.78, 5) is 26.5. The molecule has 2 atom stereocenters. The summed E-state index contributed by atoms with van der Waals surface area (Å²) in [7, 11) is -4.22. The Morgan fingerprint density at radius 1 is 0.860 bits per heavy atom. The molecule has 0 bridgehead atoms. The highest BCUT2D eigenvalue weighted by Crippen LogP contribution is 2.36. The lowest BCUT2D eigenvalue weighted by molar-refractivity contribution is -0.137. The van der Waals surface area contributed by atoms with E-state index >= 15 is 0 Å². The topological polar surface area (TPSA) is 122 Å². The maximum atomic E-state index is 14.0. The molecule has 0 saturated heterocycles. The van der Waals surface area contributed by atoms with E-state index < -0.39 is 39.4 Å². The lowest BCUT2D eigenvalue weighted by Gasteiger charge is -2.25. The molecule has 0 saturated carbocycles. The molecule has 0 fully saturated rings. The van der Waals surface area contributed by atoms with Crippen LogP contribution in [-0.4, -0.2) is 43.7 Å². The van der Waals surface area contributed by atoms with E-state index in [0.29, 0.717) is 34.7 Å². The standard InChI is InChI=1S/C38H41F3N2O6S/c1-24-22-30(38(39,40)41)14-19-33(24)27-10-15-31(16-11-27)43-36(45)34(28-12-17-32(18-13-28)49-23-37(3,4)5)25(2)26-6-8-29(9-7-26)35(44)42-20-21-50(46,47)48/h6-19,22,25,34H,20-21,23H2,1-5H3,(H,42,44)(H,43,45)(H,46,47,48). The van der Waals surface area contributed by atoms with Crippen molar-refractivity contribution in [1.82, 2.24) is 5.32 Å². The van der Waals surface area contributed by atoms with E-state index in [2.05, 4.69) is 31.4 Å². The number of aryl methyl sites for hydroxylation is 1. The molecule has 3 N–H and O–H groups in total. The second-order valence-corrected chi connectivity index (χ2v) is 15.0. The summed E-state index contributed by atoms with van der Waals surface area (Å²) in [6.45, 7) is 9.96. The predicted octanol–water partition coefficient (Wildman–Crippen LogP) is 8.25. The summed E-state index contributed by atoms with van der Waals surface area (Å²) >= 11 is 0. The highest BCUT2D eigenvalue weighted by molar-refractivity contribution is 7.85. The number of carbonyl (C=O) groups is 2. The van der Waals surface area contributed by atoms with Gasteiger partial charge in [0.05, 0.1) is 23.8 Å². The summed E-state index contributed by atoms with van der Waals surface area (Å²) in [5, 5.41) is 5.44. The van der Waals surface area contributed by atoms with Gasteiger partial charge >= 0.3 is 6.18 Å². The summed E-state index contributed by atoms with van der Waals surface area (Å²) in [5.74, 6) is -1.81. The molecule has 4 aromatic carbocycles. The molecule has 50 heavy (non-hydrogen) atoms. The smallest absolute Gasteiger partial charge is 0.416 e. The number of anilines is 1. The first-order valence-electron chi connectivity index (χ1n) is 16.0. The molecule has 0 aliphatic rings. The number of carbonyl (C=O) groups excluding carboxylic acids is 2. The molecule has 0 aliphatic heterocycles. The lowest BCUT2D eigenvalue weighted by atomic mass is 9.81. The van der Waals surface area contributed by atoms with E-state index in [9.17, 15) is 31.2 Å². The fraction of sp³-hybridized carbons (Fsp3) is 0.316. The SMILES string of the molecule is Cc1cc(C(F)(F)F)ccc1-c1ccc(NC(=O)C(c2ccc(OCC(C)(C)C)cc2)C(C)c2ccc(C(=O)NCCS(=O)(=O)O)cc2)cc1. The number of benzene rings is 4. The number of amides is 2. The van der Waals surface area contributed by atoms with Crippen molar-refractivity contribution in [3.05, 3.63) is 119 Å². The summed E-state index contributed by atoms with van der Waals surface area (Å²) in [6, 6.07) is 24.4. The minimum absolute atomic E-state index is 0.0457. The van der Waals surface area contributed by atoms with Crippen LogP contribution in [0.1, 0.15) is 72.1 Å². The van der Waals surface area contributed by atoms with Crippen LogP contribution in [0.15, 0.2) is 91.0 Å². The molecular formula is C38H41F3N2O6S. The molecule has 0 spiro atoms. The lowest BCUT2D eigenvalue weighted by Crippen LogP contribution is -2.29. The van der Waals surface area contributed by atoms with Gasteiger partial charge in [0, 0.05) is 17.8 Å². The van der Waals surface area contributed by atoms with Gasteiger partial charge in [-0.3, -0.25) is 14.1 Å². The maximum Gasteiger partial charge on any atom is 0.416 e. The van der Waals surface area contributed by atoms with Crippen molar-refractivity contribution < 1.29 is 40.5 Å². The largest absolute Gasteiger partial charge is 0.493 e. The quantitative estimate of drug-likeness (QED) is 0.127. The molecule has 8 nitrogen and oxygen atoms in total. The molecule has 266 valence electrons. The fourth-order valence-corrected chi connectivity index (χ4v) is 5.74. The Hall–Kier alpha value is -4.68. The van der Waals surface area contributed by atoms with Gasteiger partial charge in [-0.05, 0) is 94.6 Å². The number of rotatable bonds is 12. The van der Waals surface area contributed by atoms with Crippen molar-refractivity contribution in [2.45, 2.75) is 52.6 Å². The van der Waals surface area contributed by atoms with Crippen molar-refractivity contribution in [2.75, 3.05) is 24.2 Å². The molecule has 0 aliphatic carbocycles. The van der Waals surface area contributed by atoms with Crippen LogP contribution >= 0.6 is 0 Å². The Bertz CT molecular complexity index is 1900. The van der Waals surface area contributed by atoms with Gasteiger partial charge in [-0.15, -0.1) is 0 Å². The van der Waals surface area contributed by atoms with E-state index in [1.54, 1.807) is 55.5 Å². The van der Waals surface area contributed by atoms with Gasteiger partial charge in [-0.1, -0.05) is 70.2 Å². The molecule has 12 heteroatoms. The Balaban J connectivity index is 1.57. The van der Waals surface area contributed by atoms with Gasteiger partial charge in [0.2, 0.25) is 5.91 Å². The summed E-state index contributed by atoms with van der Waals surface area (Å²) < 4.78 is 76.3. The molecular weight excluding hydrogens is 669 g/mol. The van der Waals surface area contributed by atoms with Gasteiger partial charge < -0.3 is 15.4 Å². The molecule has 0 heterocycles. The van der Waals surface area contributed by atoms with Crippen LogP contribution in [0.2, 0.25) is 0 Å². The number of hydrogen-bond donors (Lipinski definition) is 3. The van der Waals surface area contributed by atoms with Crippen molar-refractivity contribution in [3.63, 3.8) is 0 Å². The highest BCUT2D eigenvalue weighted by atomic mass is 32.2. The number of halogens is 3. The van der Waals surface area contributed by atoms with Crippen molar-refractivity contribution in [3.8, 4) is 16.9 Å². The van der Waals surface area contributed by atoms with E-state index in [1.165, 1.54) is 6.07 Å². The zero-order valence-electron chi connectivity index (χ0n) is 28.5. The number of ether oxygens (including phenoxy) is 1. The van der Waals surface area contributed by atoms with Crippen molar-refractivity contribution in [2.24, 2.45) is 5.41 Å².